The minimum absolute atomic E-state index is 0.102. The van der Waals surface area contributed by atoms with Gasteiger partial charge in [0.1, 0.15) is 6.04 Å². The second kappa shape index (κ2) is 12.2. The average molecular weight is 508 g/mol. The Bertz CT molecular complexity index is 1120. The zero-order valence-electron chi connectivity index (χ0n) is 20.5. The average Bonchev–Trinajstić information content (AvgIpc) is 2.78. The van der Waals surface area contributed by atoms with E-state index in [1.165, 1.54) is 4.31 Å². The fourth-order valence-electron chi connectivity index (χ4n) is 3.89. The molecule has 0 saturated heterocycles. The number of anilines is 1. The molecular formula is C25H34ClN3O4S. The molecule has 1 N–H and O–H groups in total. The zero-order valence-corrected chi connectivity index (χ0v) is 22.0. The molecule has 2 aromatic rings. The number of carbonyl (C=O) groups excluding carboxylic acids is 2. The van der Waals surface area contributed by atoms with Crippen LogP contribution in [0.1, 0.15) is 42.9 Å². The molecule has 0 unspecified atom stereocenters. The number of carbonyl (C=O) groups is 2. The monoisotopic (exact) mass is 507 g/mol. The van der Waals surface area contributed by atoms with Crippen LogP contribution in [0.25, 0.3) is 0 Å². The van der Waals surface area contributed by atoms with Crippen LogP contribution in [0.2, 0.25) is 5.02 Å². The first-order valence-electron chi connectivity index (χ1n) is 11.3. The number of sulfonamides is 1. The van der Waals surface area contributed by atoms with E-state index >= 15 is 0 Å². The Kier molecular flexibility index (Phi) is 9.94. The van der Waals surface area contributed by atoms with Gasteiger partial charge in [-0.1, -0.05) is 48.9 Å². The van der Waals surface area contributed by atoms with Gasteiger partial charge in [0, 0.05) is 31.6 Å². The Morgan fingerprint density at radius 2 is 1.76 bits per heavy atom. The van der Waals surface area contributed by atoms with Crippen molar-refractivity contribution in [2.45, 2.75) is 52.6 Å². The molecule has 0 spiro atoms. The molecule has 0 fully saturated rings. The number of aryl methyl sites for hydroxylation is 2. The lowest BCUT2D eigenvalue weighted by Crippen LogP contribution is -2.48. The molecule has 1 atom stereocenters. The van der Waals surface area contributed by atoms with Crippen molar-refractivity contribution in [2.24, 2.45) is 0 Å². The van der Waals surface area contributed by atoms with Gasteiger partial charge in [0.25, 0.3) is 0 Å². The third kappa shape index (κ3) is 7.21. The highest BCUT2D eigenvalue weighted by Gasteiger charge is 2.28. The standard InChI is InChI=1S/C25H34ClN3O4S/c1-6-22(25(31)27-4)28(17-20-11-8-7-10-18(20)2)24(30)12-9-15-29(34(5,32)33)23-16-21(26)14-13-19(23)3/h7-8,10-11,13-14,16,22H,6,9,12,15,17H2,1-5H3,(H,27,31)/t22-/m1/s1. The van der Waals surface area contributed by atoms with E-state index in [2.05, 4.69) is 5.32 Å². The first kappa shape index (κ1) is 27.7. The summed E-state index contributed by atoms with van der Waals surface area (Å²) < 4.78 is 26.3. The summed E-state index contributed by atoms with van der Waals surface area (Å²) in [5, 5.41) is 3.08. The Morgan fingerprint density at radius 3 is 2.35 bits per heavy atom. The van der Waals surface area contributed by atoms with Crippen molar-refractivity contribution >= 4 is 39.1 Å². The summed E-state index contributed by atoms with van der Waals surface area (Å²) >= 11 is 6.10. The second-order valence-corrected chi connectivity index (χ2v) is 10.7. The SMILES string of the molecule is CC[C@H](C(=O)NC)N(Cc1ccccc1C)C(=O)CCCN(c1cc(Cl)ccc1C)S(C)(=O)=O. The van der Waals surface area contributed by atoms with Crippen LogP contribution in [-0.2, 0) is 26.2 Å². The topological polar surface area (TPSA) is 86.8 Å². The molecule has 186 valence electrons. The van der Waals surface area contributed by atoms with E-state index < -0.39 is 16.1 Å². The molecule has 0 heterocycles. The lowest BCUT2D eigenvalue weighted by atomic mass is 10.1. The summed E-state index contributed by atoms with van der Waals surface area (Å²) in [6, 6.07) is 12.2. The number of nitrogens with one attached hydrogen (secondary N) is 1. The first-order valence-corrected chi connectivity index (χ1v) is 13.5. The van der Waals surface area contributed by atoms with Crippen molar-refractivity contribution in [3.63, 3.8) is 0 Å². The maximum Gasteiger partial charge on any atom is 0.242 e. The highest BCUT2D eigenvalue weighted by molar-refractivity contribution is 7.92. The van der Waals surface area contributed by atoms with Gasteiger partial charge in [0.2, 0.25) is 21.8 Å². The van der Waals surface area contributed by atoms with Gasteiger partial charge in [-0.05, 0) is 55.5 Å². The molecule has 0 aliphatic carbocycles. The van der Waals surface area contributed by atoms with Crippen LogP contribution in [0.5, 0.6) is 0 Å². The van der Waals surface area contributed by atoms with Gasteiger partial charge in [-0.25, -0.2) is 8.42 Å². The Labute approximate surface area is 208 Å². The molecule has 7 nitrogen and oxygen atoms in total. The number of nitrogens with zero attached hydrogens (tertiary/aromatic N) is 2. The molecule has 0 saturated carbocycles. The Balaban J connectivity index is 2.24. The van der Waals surface area contributed by atoms with Crippen LogP contribution >= 0.6 is 11.6 Å². The van der Waals surface area contributed by atoms with Crippen LogP contribution in [0, 0.1) is 13.8 Å². The fourth-order valence-corrected chi connectivity index (χ4v) is 5.07. The maximum atomic E-state index is 13.3. The van der Waals surface area contributed by atoms with E-state index in [-0.39, 0.29) is 24.8 Å². The molecule has 0 aromatic heterocycles. The zero-order chi connectivity index (χ0) is 25.5. The Morgan fingerprint density at radius 1 is 1.09 bits per heavy atom. The molecule has 34 heavy (non-hydrogen) atoms. The van der Waals surface area contributed by atoms with Crippen molar-refractivity contribution < 1.29 is 18.0 Å². The van der Waals surface area contributed by atoms with Crippen LogP contribution in [0.15, 0.2) is 42.5 Å². The number of likely N-dealkylation sites (N-methyl/N-ethyl adjacent to an activating group) is 1. The molecular weight excluding hydrogens is 474 g/mol. The number of halogens is 1. The summed E-state index contributed by atoms with van der Waals surface area (Å²) in [6.45, 7) is 6.08. The van der Waals surface area contributed by atoms with E-state index in [0.717, 1.165) is 22.9 Å². The predicted molar refractivity (Wildman–Crippen MR) is 137 cm³/mol. The van der Waals surface area contributed by atoms with Gasteiger partial charge in [0.05, 0.1) is 11.9 Å². The van der Waals surface area contributed by atoms with Crippen LogP contribution in [-0.4, -0.2) is 51.0 Å². The van der Waals surface area contributed by atoms with E-state index in [1.54, 1.807) is 30.1 Å². The third-order valence-electron chi connectivity index (χ3n) is 5.83. The van der Waals surface area contributed by atoms with E-state index in [9.17, 15) is 18.0 Å². The minimum atomic E-state index is -3.58. The van der Waals surface area contributed by atoms with E-state index in [4.69, 9.17) is 11.6 Å². The van der Waals surface area contributed by atoms with Crippen LogP contribution < -0.4 is 9.62 Å². The van der Waals surface area contributed by atoms with Crippen molar-refractivity contribution in [2.75, 3.05) is 24.2 Å². The first-order chi connectivity index (χ1) is 16.0. The number of hydrogen-bond acceptors (Lipinski definition) is 4. The molecule has 2 rings (SSSR count). The number of amides is 2. The van der Waals surface area contributed by atoms with Gasteiger partial charge >= 0.3 is 0 Å². The van der Waals surface area contributed by atoms with Crippen molar-refractivity contribution in [1.29, 1.82) is 0 Å². The maximum absolute atomic E-state index is 13.3. The van der Waals surface area contributed by atoms with Gasteiger partial charge in [-0.2, -0.15) is 0 Å². The normalized spacial score (nSPS) is 12.2. The van der Waals surface area contributed by atoms with Crippen molar-refractivity contribution in [3.05, 3.63) is 64.2 Å². The highest BCUT2D eigenvalue weighted by atomic mass is 35.5. The van der Waals surface area contributed by atoms with Crippen LogP contribution in [0.3, 0.4) is 0 Å². The van der Waals surface area contributed by atoms with Gasteiger partial charge in [0.15, 0.2) is 0 Å². The highest BCUT2D eigenvalue weighted by Crippen LogP contribution is 2.27. The summed E-state index contributed by atoms with van der Waals surface area (Å²) in [6.07, 6.45) is 2.00. The summed E-state index contributed by atoms with van der Waals surface area (Å²) in [4.78, 5) is 27.4. The summed E-state index contributed by atoms with van der Waals surface area (Å²) in [5.41, 5.74) is 3.27. The minimum Gasteiger partial charge on any atom is -0.357 e. The van der Waals surface area contributed by atoms with Gasteiger partial charge in [-0.15, -0.1) is 0 Å². The van der Waals surface area contributed by atoms with E-state index in [1.807, 2.05) is 45.0 Å². The number of hydrogen-bond donors (Lipinski definition) is 1. The summed E-state index contributed by atoms with van der Waals surface area (Å²) in [5.74, 6) is -0.424. The molecule has 2 amide bonds. The van der Waals surface area contributed by atoms with Crippen molar-refractivity contribution in [3.8, 4) is 0 Å². The smallest absolute Gasteiger partial charge is 0.242 e. The number of benzene rings is 2. The molecule has 0 bridgehead atoms. The molecule has 0 aliphatic rings. The molecule has 0 aliphatic heterocycles. The Hall–Kier alpha value is -2.58. The quantitative estimate of drug-likeness (QED) is 0.497. The van der Waals surface area contributed by atoms with Crippen LogP contribution in [0.4, 0.5) is 5.69 Å². The van der Waals surface area contributed by atoms with Gasteiger partial charge < -0.3 is 10.2 Å². The number of rotatable bonds is 11. The second-order valence-electron chi connectivity index (χ2n) is 8.36. The predicted octanol–water partition coefficient (Wildman–Crippen LogP) is 4.06. The third-order valence-corrected chi connectivity index (χ3v) is 7.24. The lowest BCUT2D eigenvalue weighted by molar-refractivity contribution is -0.141. The molecule has 2 aromatic carbocycles. The van der Waals surface area contributed by atoms with E-state index in [0.29, 0.717) is 30.1 Å². The fraction of sp³-hybridized carbons (Fsp3) is 0.440. The lowest BCUT2D eigenvalue weighted by Gasteiger charge is -2.31. The van der Waals surface area contributed by atoms with Crippen molar-refractivity contribution in [1.82, 2.24) is 10.2 Å². The summed E-state index contributed by atoms with van der Waals surface area (Å²) in [7, 11) is -2.03. The molecule has 0 radical (unpaired) electrons. The molecule has 9 heteroatoms. The van der Waals surface area contributed by atoms with Gasteiger partial charge in [-0.3, -0.25) is 13.9 Å². The largest absolute Gasteiger partial charge is 0.357 e.